The number of rotatable bonds is 3. The van der Waals surface area contributed by atoms with Gasteiger partial charge in [0.1, 0.15) is 0 Å². The van der Waals surface area contributed by atoms with Crippen molar-refractivity contribution in [2.75, 3.05) is 12.8 Å². The van der Waals surface area contributed by atoms with E-state index in [0.29, 0.717) is 12.1 Å². The monoisotopic (exact) mass is 243 g/mol. The van der Waals surface area contributed by atoms with Gasteiger partial charge in [-0.05, 0) is 25.7 Å². The molecule has 2 unspecified atom stereocenters. The van der Waals surface area contributed by atoms with Crippen LogP contribution in [0.3, 0.4) is 0 Å². The molecule has 2 atom stereocenters. The molecule has 16 heavy (non-hydrogen) atoms. The van der Waals surface area contributed by atoms with E-state index in [2.05, 4.69) is 5.32 Å². The predicted octanol–water partition coefficient (Wildman–Crippen LogP) is 0.0546. The van der Waals surface area contributed by atoms with Crippen molar-refractivity contribution < 1.29 is 8.42 Å². The number of nitriles is 1. The standard InChI is InChI=1S/C10H17N3O2S/c1-13(16(14,15)5-4-11)10-6-8-2-3-9(7-10)12-8/h8-10,12H,2-3,5-7H2,1H3. The molecule has 0 radical (unpaired) electrons. The lowest BCUT2D eigenvalue weighted by atomic mass is 10.0. The summed E-state index contributed by atoms with van der Waals surface area (Å²) in [5.74, 6) is -0.414. The summed E-state index contributed by atoms with van der Waals surface area (Å²) in [5.41, 5.74) is 0. The van der Waals surface area contributed by atoms with Gasteiger partial charge in [0.15, 0.2) is 5.75 Å². The van der Waals surface area contributed by atoms with Crippen molar-refractivity contribution in [3.8, 4) is 6.07 Å². The van der Waals surface area contributed by atoms with Crippen molar-refractivity contribution in [2.45, 2.75) is 43.8 Å². The van der Waals surface area contributed by atoms with Crippen LogP contribution in [0.1, 0.15) is 25.7 Å². The molecular formula is C10H17N3O2S. The molecule has 2 aliphatic heterocycles. The third-order valence-electron chi connectivity index (χ3n) is 3.65. The van der Waals surface area contributed by atoms with Crippen LogP contribution in [0.5, 0.6) is 0 Å². The highest BCUT2D eigenvalue weighted by Crippen LogP contribution is 2.30. The zero-order valence-electron chi connectivity index (χ0n) is 9.39. The first-order valence-corrected chi connectivity index (χ1v) is 7.22. The molecule has 0 spiro atoms. The highest BCUT2D eigenvalue weighted by molar-refractivity contribution is 7.89. The molecule has 0 amide bonds. The van der Waals surface area contributed by atoms with Crippen LogP contribution >= 0.6 is 0 Å². The van der Waals surface area contributed by atoms with Crippen molar-refractivity contribution in [1.29, 1.82) is 5.26 Å². The fourth-order valence-corrected chi connectivity index (χ4v) is 3.73. The maximum absolute atomic E-state index is 11.7. The van der Waals surface area contributed by atoms with Crippen molar-refractivity contribution in [3.05, 3.63) is 0 Å². The van der Waals surface area contributed by atoms with E-state index in [4.69, 9.17) is 5.26 Å². The number of nitrogens with one attached hydrogen (secondary N) is 1. The van der Waals surface area contributed by atoms with Crippen LogP contribution in [0, 0.1) is 11.3 Å². The molecule has 0 saturated carbocycles. The van der Waals surface area contributed by atoms with E-state index in [1.807, 2.05) is 0 Å². The van der Waals surface area contributed by atoms with E-state index in [9.17, 15) is 8.42 Å². The lowest BCUT2D eigenvalue weighted by Gasteiger charge is -2.34. The fourth-order valence-electron chi connectivity index (χ4n) is 2.73. The third-order valence-corrected chi connectivity index (χ3v) is 5.32. The Morgan fingerprint density at radius 3 is 2.44 bits per heavy atom. The molecule has 5 nitrogen and oxygen atoms in total. The highest BCUT2D eigenvalue weighted by atomic mass is 32.2. The van der Waals surface area contributed by atoms with Crippen molar-refractivity contribution in [2.24, 2.45) is 0 Å². The van der Waals surface area contributed by atoms with Crippen LogP contribution < -0.4 is 5.32 Å². The molecule has 0 aliphatic carbocycles. The molecule has 2 aliphatic rings. The topological polar surface area (TPSA) is 73.2 Å². The maximum Gasteiger partial charge on any atom is 0.227 e. The lowest BCUT2D eigenvalue weighted by Crippen LogP contribution is -2.49. The van der Waals surface area contributed by atoms with Crippen LogP contribution in [0.15, 0.2) is 0 Å². The quantitative estimate of drug-likeness (QED) is 0.760. The Morgan fingerprint density at radius 2 is 1.94 bits per heavy atom. The minimum absolute atomic E-state index is 0.0668. The summed E-state index contributed by atoms with van der Waals surface area (Å²) in [6, 6.07) is 2.71. The van der Waals surface area contributed by atoms with Crippen LogP contribution in [0.4, 0.5) is 0 Å². The first-order chi connectivity index (χ1) is 7.53. The van der Waals surface area contributed by atoms with Gasteiger partial charge in [-0.25, -0.2) is 12.7 Å². The number of hydrogen-bond donors (Lipinski definition) is 1. The molecule has 6 heteroatoms. The molecule has 0 aromatic rings. The minimum atomic E-state index is -3.38. The van der Waals surface area contributed by atoms with E-state index >= 15 is 0 Å². The summed E-state index contributed by atoms with van der Waals surface area (Å²) in [5, 5.41) is 12.0. The Bertz CT molecular complexity index is 389. The second-order valence-corrected chi connectivity index (χ2v) is 6.72. The van der Waals surface area contributed by atoms with Crippen LogP contribution in [-0.4, -0.2) is 43.6 Å². The van der Waals surface area contributed by atoms with Crippen molar-refractivity contribution in [1.82, 2.24) is 9.62 Å². The SMILES string of the molecule is CN(C1CC2CCC(C1)N2)S(=O)(=O)CC#N. The van der Waals surface area contributed by atoms with Crippen LogP contribution in [0.25, 0.3) is 0 Å². The second-order valence-electron chi connectivity index (χ2n) is 4.69. The van der Waals surface area contributed by atoms with Gasteiger partial charge in [-0.2, -0.15) is 5.26 Å². The predicted molar refractivity (Wildman–Crippen MR) is 60.1 cm³/mol. The zero-order valence-corrected chi connectivity index (χ0v) is 10.2. The number of fused-ring (bicyclic) bond motifs is 2. The average Bonchev–Trinajstić information content (AvgIpc) is 2.56. The largest absolute Gasteiger partial charge is 0.311 e. The van der Waals surface area contributed by atoms with E-state index in [1.54, 1.807) is 13.1 Å². The molecule has 2 heterocycles. The maximum atomic E-state index is 11.7. The number of nitrogens with zero attached hydrogens (tertiary/aromatic N) is 2. The highest BCUT2D eigenvalue weighted by Gasteiger charge is 2.38. The number of sulfonamides is 1. The lowest BCUT2D eigenvalue weighted by molar-refractivity contribution is 0.252. The summed E-state index contributed by atoms with van der Waals surface area (Å²) < 4.78 is 24.9. The number of piperidine rings is 1. The first-order valence-electron chi connectivity index (χ1n) is 5.61. The summed E-state index contributed by atoms with van der Waals surface area (Å²) in [6.07, 6.45) is 4.04. The molecule has 2 fully saturated rings. The first kappa shape index (κ1) is 11.8. The molecule has 2 rings (SSSR count). The molecule has 2 saturated heterocycles. The Hall–Kier alpha value is -0.640. The van der Waals surface area contributed by atoms with Gasteiger partial charge in [0.05, 0.1) is 6.07 Å². The van der Waals surface area contributed by atoms with E-state index in [-0.39, 0.29) is 6.04 Å². The summed E-state index contributed by atoms with van der Waals surface area (Å²) in [6.45, 7) is 0. The molecular weight excluding hydrogens is 226 g/mol. The van der Waals surface area contributed by atoms with E-state index in [1.165, 1.54) is 4.31 Å². The van der Waals surface area contributed by atoms with Gasteiger partial charge in [0.2, 0.25) is 10.0 Å². The van der Waals surface area contributed by atoms with Gasteiger partial charge >= 0.3 is 0 Å². The van der Waals surface area contributed by atoms with Gasteiger partial charge in [-0.1, -0.05) is 0 Å². The van der Waals surface area contributed by atoms with Crippen LogP contribution in [0.2, 0.25) is 0 Å². The summed E-state index contributed by atoms with van der Waals surface area (Å²) in [7, 11) is -1.79. The van der Waals surface area contributed by atoms with Gasteiger partial charge in [0.25, 0.3) is 0 Å². The molecule has 1 N–H and O–H groups in total. The van der Waals surface area contributed by atoms with Gasteiger partial charge in [-0.3, -0.25) is 0 Å². The van der Waals surface area contributed by atoms with Crippen molar-refractivity contribution >= 4 is 10.0 Å². The summed E-state index contributed by atoms with van der Waals surface area (Å²) in [4.78, 5) is 0. The van der Waals surface area contributed by atoms with E-state index < -0.39 is 15.8 Å². The second kappa shape index (κ2) is 4.32. The minimum Gasteiger partial charge on any atom is -0.311 e. The summed E-state index contributed by atoms with van der Waals surface area (Å²) >= 11 is 0. The third kappa shape index (κ3) is 2.21. The fraction of sp³-hybridized carbons (Fsp3) is 0.900. The molecule has 2 bridgehead atoms. The van der Waals surface area contributed by atoms with Gasteiger partial charge in [0, 0.05) is 25.2 Å². The Balaban J connectivity index is 2.06. The average molecular weight is 243 g/mol. The Kier molecular flexibility index (Phi) is 3.19. The zero-order chi connectivity index (χ0) is 11.8. The smallest absolute Gasteiger partial charge is 0.227 e. The molecule has 90 valence electrons. The van der Waals surface area contributed by atoms with Crippen LogP contribution in [-0.2, 0) is 10.0 Å². The van der Waals surface area contributed by atoms with Gasteiger partial charge < -0.3 is 5.32 Å². The van der Waals surface area contributed by atoms with Gasteiger partial charge in [-0.15, -0.1) is 0 Å². The molecule has 0 aromatic carbocycles. The van der Waals surface area contributed by atoms with Crippen molar-refractivity contribution in [3.63, 3.8) is 0 Å². The molecule has 0 aromatic heterocycles. The normalized spacial score (nSPS) is 33.9. The number of hydrogen-bond acceptors (Lipinski definition) is 4. The Morgan fingerprint density at radius 1 is 1.38 bits per heavy atom. The van der Waals surface area contributed by atoms with E-state index in [0.717, 1.165) is 25.7 Å². The Labute approximate surface area is 96.5 Å².